The molecule has 9 nitrogen and oxygen atoms in total. The van der Waals surface area contributed by atoms with Gasteiger partial charge in [0.05, 0.1) is 42.3 Å². The van der Waals surface area contributed by atoms with E-state index in [0.29, 0.717) is 45.6 Å². The van der Waals surface area contributed by atoms with Crippen LogP contribution in [-0.2, 0) is 11.3 Å². The van der Waals surface area contributed by atoms with E-state index in [1.165, 1.54) is 16.3 Å². The molecule has 10 heteroatoms. The number of fused-ring (bicyclic) bond motifs is 3. The molecule has 178 valence electrons. The number of aromatic nitrogens is 4. The van der Waals surface area contributed by atoms with Crippen molar-refractivity contribution in [1.29, 1.82) is 0 Å². The van der Waals surface area contributed by atoms with E-state index in [0.717, 1.165) is 5.56 Å². The molecule has 0 aliphatic carbocycles. The van der Waals surface area contributed by atoms with E-state index in [9.17, 15) is 9.59 Å². The van der Waals surface area contributed by atoms with Crippen LogP contribution in [0.5, 0.6) is 5.75 Å². The third-order valence-electron chi connectivity index (χ3n) is 5.69. The van der Waals surface area contributed by atoms with Crippen LogP contribution in [0.2, 0.25) is 0 Å². The van der Waals surface area contributed by atoms with Gasteiger partial charge in [-0.25, -0.2) is 4.57 Å². The van der Waals surface area contributed by atoms with Crippen LogP contribution in [0, 0.1) is 6.92 Å². The fraction of sp³-hybridized carbons (Fsp3) is 0.200. The lowest BCUT2D eigenvalue weighted by molar-refractivity contribution is -0.127. The van der Waals surface area contributed by atoms with Crippen LogP contribution in [0.1, 0.15) is 11.3 Å². The summed E-state index contributed by atoms with van der Waals surface area (Å²) in [5, 5.41) is 9.71. The van der Waals surface area contributed by atoms with Gasteiger partial charge >= 0.3 is 0 Å². The lowest BCUT2D eigenvalue weighted by Crippen LogP contribution is -2.27. The molecule has 0 atom stereocenters. The molecule has 3 aromatic heterocycles. The van der Waals surface area contributed by atoms with Gasteiger partial charge in [0.15, 0.2) is 5.16 Å². The summed E-state index contributed by atoms with van der Waals surface area (Å²) in [5.74, 6) is 1.67. The first-order valence-corrected chi connectivity index (χ1v) is 11.9. The monoisotopic (exact) mass is 489 g/mol. The number of ether oxygens (including phenoxy) is 1. The Morgan fingerprint density at radius 3 is 2.74 bits per heavy atom. The molecule has 0 fully saturated rings. The van der Waals surface area contributed by atoms with Crippen LogP contribution >= 0.6 is 11.8 Å². The smallest absolute Gasteiger partial charge is 0.267 e. The fourth-order valence-corrected chi connectivity index (χ4v) is 4.81. The summed E-state index contributed by atoms with van der Waals surface area (Å²) in [6, 6.07) is 16.5. The highest BCUT2D eigenvalue weighted by molar-refractivity contribution is 7.99. The molecule has 5 rings (SSSR count). The first-order chi connectivity index (χ1) is 17.0. The van der Waals surface area contributed by atoms with Gasteiger partial charge in [-0.3, -0.25) is 14.0 Å². The summed E-state index contributed by atoms with van der Waals surface area (Å²) in [6.45, 7) is 2.32. The van der Waals surface area contributed by atoms with E-state index in [1.54, 1.807) is 37.5 Å². The van der Waals surface area contributed by atoms with E-state index in [-0.39, 0.29) is 17.2 Å². The molecule has 0 unspecified atom stereocenters. The number of nitrogens with zero attached hydrogens (tertiary/aromatic N) is 5. The zero-order valence-electron chi connectivity index (χ0n) is 19.5. The molecule has 0 N–H and O–H groups in total. The summed E-state index contributed by atoms with van der Waals surface area (Å²) in [6.07, 6.45) is 1.58. The first-order valence-electron chi connectivity index (χ1n) is 10.9. The lowest BCUT2D eigenvalue weighted by atomic mass is 10.2. The predicted octanol–water partition coefficient (Wildman–Crippen LogP) is 3.69. The van der Waals surface area contributed by atoms with Crippen molar-refractivity contribution in [3.8, 4) is 11.4 Å². The highest BCUT2D eigenvalue weighted by Gasteiger charge is 2.21. The van der Waals surface area contributed by atoms with Crippen molar-refractivity contribution in [2.45, 2.75) is 18.6 Å². The zero-order chi connectivity index (χ0) is 24.5. The Morgan fingerprint density at radius 2 is 1.97 bits per heavy atom. The molecule has 35 heavy (non-hydrogen) atoms. The van der Waals surface area contributed by atoms with Crippen LogP contribution in [0.4, 0.5) is 0 Å². The molecule has 0 saturated carbocycles. The summed E-state index contributed by atoms with van der Waals surface area (Å²) in [4.78, 5) is 27.9. The van der Waals surface area contributed by atoms with E-state index < -0.39 is 0 Å². The summed E-state index contributed by atoms with van der Waals surface area (Å²) < 4.78 is 14.2. The SMILES string of the molecule is COc1ccc(C)cc1-n1c(=O)c2ccccc2n2c(SCC(=O)N(C)Cc3ccco3)nnc12. The largest absolute Gasteiger partial charge is 0.495 e. The average molecular weight is 490 g/mol. The minimum absolute atomic E-state index is 0.0823. The Bertz CT molecular complexity index is 1590. The molecule has 0 radical (unpaired) electrons. The van der Waals surface area contributed by atoms with Crippen LogP contribution in [0.15, 0.2) is 75.2 Å². The standard InChI is InChI=1S/C25H23N5O4S/c1-16-10-11-21(33-3)20(13-16)29-23(32)18-8-4-5-9-19(18)30-24(29)26-27-25(30)35-15-22(31)28(2)14-17-7-6-12-34-17/h4-13H,14-15H2,1-3H3. The van der Waals surface area contributed by atoms with Gasteiger partial charge in [0.1, 0.15) is 11.5 Å². The number of hydrogen-bond donors (Lipinski definition) is 0. The Balaban J connectivity index is 1.58. The summed E-state index contributed by atoms with van der Waals surface area (Å²) in [7, 11) is 3.29. The molecule has 0 aliphatic rings. The minimum Gasteiger partial charge on any atom is -0.495 e. The van der Waals surface area contributed by atoms with Gasteiger partial charge in [0.25, 0.3) is 5.56 Å². The van der Waals surface area contributed by atoms with Gasteiger partial charge in [0, 0.05) is 7.05 Å². The number of benzene rings is 2. The predicted molar refractivity (Wildman–Crippen MR) is 133 cm³/mol. The maximum atomic E-state index is 13.6. The number of aryl methyl sites for hydroxylation is 1. The van der Waals surface area contributed by atoms with Crippen molar-refractivity contribution in [2.75, 3.05) is 19.9 Å². The lowest BCUT2D eigenvalue weighted by Gasteiger charge is -2.16. The number of rotatable bonds is 7. The van der Waals surface area contributed by atoms with Gasteiger partial charge in [-0.1, -0.05) is 30.0 Å². The molecule has 0 bridgehead atoms. The second-order valence-electron chi connectivity index (χ2n) is 8.07. The molecular weight excluding hydrogens is 466 g/mol. The zero-order valence-corrected chi connectivity index (χ0v) is 20.3. The number of methoxy groups -OCH3 is 1. The second-order valence-corrected chi connectivity index (χ2v) is 9.01. The van der Waals surface area contributed by atoms with Gasteiger partial charge < -0.3 is 14.1 Å². The Morgan fingerprint density at radius 1 is 1.14 bits per heavy atom. The third-order valence-corrected chi connectivity index (χ3v) is 6.61. The van der Waals surface area contributed by atoms with Crippen molar-refractivity contribution in [1.82, 2.24) is 24.1 Å². The molecule has 0 spiro atoms. The quantitative estimate of drug-likeness (QED) is 0.322. The number of furan rings is 1. The summed E-state index contributed by atoms with van der Waals surface area (Å²) in [5.41, 5.74) is 1.99. The van der Waals surface area contributed by atoms with Crippen molar-refractivity contribution in [2.24, 2.45) is 0 Å². The number of carbonyl (C=O) groups excluding carboxylic acids is 1. The number of hydrogen-bond acceptors (Lipinski definition) is 7. The molecule has 3 heterocycles. The fourth-order valence-electron chi connectivity index (χ4n) is 3.93. The molecule has 1 amide bonds. The van der Waals surface area contributed by atoms with Gasteiger partial charge in [-0.2, -0.15) is 0 Å². The molecular formula is C25H23N5O4S. The third kappa shape index (κ3) is 4.17. The Kier molecular flexibility index (Phi) is 6.04. The highest BCUT2D eigenvalue weighted by Crippen LogP contribution is 2.28. The van der Waals surface area contributed by atoms with Crippen LogP contribution in [-0.4, -0.2) is 49.9 Å². The minimum atomic E-state index is -0.227. The van der Waals surface area contributed by atoms with Crippen molar-refractivity contribution in [3.63, 3.8) is 0 Å². The maximum absolute atomic E-state index is 13.6. The van der Waals surface area contributed by atoms with Crippen LogP contribution in [0.25, 0.3) is 22.4 Å². The Labute approximate surface area is 204 Å². The van der Waals surface area contributed by atoms with E-state index in [2.05, 4.69) is 10.2 Å². The van der Waals surface area contributed by atoms with E-state index in [1.807, 2.05) is 53.8 Å². The molecule has 5 aromatic rings. The van der Waals surface area contributed by atoms with Crippen molar-refractivity contribution < 1.29 is 13.9 Å². The van der Waals surface area contributed by atoms with Gasteiger partial charge in [-0.15, -0.1) is 10.2 Å². The van der Waals surface area contributed by atoms with Crippen LogP contribution in [0.3, 0.4) is 0 Å². The van der Waals surface area contributed by atoms with E-state index >= 15 is 0 Å². The number of amides is 1. The van der Waals surface area contributed by atoms with Gasteiger partial charge in [-0.05, 0) is 48.9 Å². The van der Waals surface area contributed by atoms with Gasteiger partial charge in [0.2, 0.25) is 11.7 Å². The number of thioether (sulfide) groups is 1. The van der Waals surface area contributed by atoms with Crippen molar-refractivity contribution in [3.05, 3.63) is 82.5 Å². The number of carbonyl (C=O) groups is 1. The average Bonchev–Trinajstić information content (AvgIpc) is 3.53. The maximum Gasteiger partial charge on any atom is 0.267 e. The van der Waals surface area contributed by atoms with E-state index in [4.69, 9.17) is 9.15 Å². The highest BCUT2D eigenvalue weighted by atomic mass is 32.2. The summed E-state index contributed by atoms with van der Waals surface area (Å²) >= 11 is 1.26. The second kappa shape index (κ2) is 9.30. The Hall–Kier alpha value is -4.05. The van der Waals surface area contributed by atoms with Crippen molar-refractivity contribution >= 4 is 34.3 Å². The molecule has 0 saturated heterocycles. The molecule has 0 aliphatic heterocycles. The normalized spacial score (nSPS) is 11.3. The molecule has 2 aromatic carbocycles. The van der Waals surface area contributed by atoms with Crippen LogP contribution < -0.4 is 10.3 Å². The topological polar surface area (TPSA) is 94.9 Å². The number of para-hydroxylation sites is 1. The first kappa shape index (κ1) is 22.7.